The second kappa shape index (κ2) is 9.61. The molecule has 9 nitrogen and oxygen atoms in total. The van der Waals surface area contributed by atoms with Gasteiger partial charge >= 0.3 is 17.6 Å². The van der Waals surface area contributed by atoms with Crippen LogP contribution < -0.4 is 11.2 Å². The van der Waals surface area contributed by atoms with Crippen molar-refractivity contribution in [3.8, 4) is 0 Å². The number of rotatable bonds is 6. The maximum atomic E-state index is 15.4. The van der Waals surface area contributed by atoms with Gasteiger partial charge in [0.2, 0.25) is 0 Å². The zero-order chi connectivity index (χ0) is 23.4. The molecule has 0 unspecified atom stereocenters. The van der Waals surface area contributed by atoms with Crippen LogP contribution in [-0.4, -0.2) is 46.5 Å². The van der Waals surface area contributed by atoms with Crippen LogP contribution in [0.15, 0.2) is 82.5 Å². The molecular formula is C23H19FN2O7. The number of carbonyl (C=O) groups is 2. The van der Waals surface area contributed by atoms with E-state index in [2.05, 4.69) is 4.98 Å². The van der Waals surface area contributed by atoms with Crippen LogP contribution in [0.3, 0.4) is 0 Å². The molecule has 1 aliphatic rings. The molecule has 0 aliphatic carbocycles. The number of benzene rings is 2. The second-order valence-corrected chi connectivity index (χ2v) is 7.20. The van der Waals surface area contributed by atoms with Crippen molar-refractivity contribution in [2.45, 2.75) is 24.6 Å². The van der Waals surface area contributed by atoms with Gasteiger partial charge in [-0.1, -0.05) is 36.4 Å². The molecule has 3 aromatic rings. The standard InChI is InChI=1S/C23H19FN2O7/c24-18-19(33-22(29)15-9-5-2-6-10-15)16(13-31-21(28)14-7-3-1-4-8-14)32-20(18)26-17(27)11-12-25-23(26)30/h1-12,16,18-20H,13H2,(H,25,30)/t16-,18+,19-,20-/m1/s1. The summed E-state index contributed by atoms with van der Waals surface area (Å²) in [6.45, 7) is -0.475. The first-order valence-corrected chi connectivity index (χ1v) is 10.0. The van der Waals surface area contributed by atoms with Crippen molar-refractivity contribution in [2.75, 3.05) is 6.61 Å². The molecule has 4 rings (SSSR count). The number of aromatic nitrogens is 2. The first-order chi connectivity index (χ1) is 16.0. The summed E-state index contributed by atoms with van der Waals surface area (Å²) in [6.07, 6.45) is -5.46. The monoisotopic (exact) mass is 454 g/mol. The predicted molar refractivity (Wildman–Crippen MR) is 112 cm³/mol. The summed E-state index contributed by atoms with van der Waals surface area (Å²) in [5, 5.41) is 0. The average molecular weight is 454 g/mol. The summed E-state index contributed by atoms with van der Waals surface area (Å²) in [5.74, 6) is -1.53. The Labute approximate surface area is 186 Å². The topological polar surface area (TPSA) is 117 Å². The van der Waals surface area contributed by atoms with Gasteiger partial charge in [0.25, 0.3) is 5.56 Å². The lowest BCUT2D eigenvalue weighted by atomic mass is 10.1. The van der Waals surface area contributed by atoms with E-state index in [1.54, 1.807) is 36.4 Å². The van der Waals surface area contributed by atoms with Crippen molar-refractivity contribution in [3.63, 3.8) is 0 Å². The summed E-state index contributed by atoms with van der Waals surface area (Å²) in [5.41, 5.74) is -1.27. The third-order valence-electron chi connectivity index (χ3n) is 5.05. The van der Waals surface area contributed by atoms with Crippen molar-refractivity contribution in [1.29, 1.82) is 0 Å². The van der Waals surface area contributed by atoms with Gasteiger partial charge in [-0.25, -0.2) is 23.3 Å². The average Bonchev–Trinajstić information content (AvgIpc) is 3.13. The van der Waals surface area contributed by atoms with Gasteiger partial charge in [-0.3, -0.25) is 4.79 Å². The molecule has 2 heterocycles. The lowest BCUT2D eigenvalue weighted by Gasteiger charge is -2.19. The minimum absolute atomic E-state index is 0.169. The Morgan fingerprint density at radius 1 is 0.939 bits per heavy atom. The molecule has 1 aliphatic heterocycles. The Balaban J connectivity index is 1.58. The maximum absolute atomic E-state index is 15.4. The molecule has 0 bridgehead atoms. The van der Waals surface area contributed by atoms with Crippen molar-refractivity contribution in [1.82, 2.24) is 9.55 Å². The highest BCUT2D eigenvalue weighted by Crippen LogP contribution is 2.33. The van der Waals surface area contributed by atoms with Crippen LogP contribution in [0.25, 0.3) is 0 Å². The van der Waals surface area contributed by atoms with Gasteiger partial charge < -0.3 is 19.2 Å². The summed E-state index contributed by atoms with van der Waals surface area (Å²) in [6, 6.07) is 17.0. The molecule has 10 heteroatoms. The highest BCUT2D eigenvalue weighted by molar-refractivity contribution is 5.90. The smallest absolute Gasteiger partial charge is 0.338 e. The Morgan fingerprint density at radius 3 is 2.15 bits per heavy atom. The highest BCUT2D eigenvalue weighted by atomic mass is 19.1. The fraction of sp³-hybridized carbons (Fsp3) is 0.217. The van der Waals surface area contributed by atoms with Gasteiger partial charge in [-0.2, -0.15) is 0 Å². The van der Waals surface area contributed by atoms with Crippen molar-refractivity contribution in [3.05, 3.63) is 105 Å². The van der Waals surface area contributed by atoms with Gasteiger partial charge in [0.15, 0.2) is 18.5 Å². The van der Waals surface area contributed by atoms with Crippen LogP contribution in [0.5, 0.6) is 0 Å². The van der Waals surface area contributed by atoms with E-state index < -0.39 is 54.4 Å². The number of halogens is 1. The second-order valence-electron chi connectivity index (χ2n) is 7.20. The molecule has 0 spiro atoms. The van der Waals surface area contributed by atoms with Gasteiger partial charge in [-0.05, 0) is 24.3 Å². The molecule has 33 heavy (non-hydrogen) atoms. The number of nitrogens with one attached hydrogen (secondary N) is 1. The van der Waals surface area contributed by atoms with E-state index in [1.807, 2.05) is 0 Å². The zero-order valence-electron chi connectivity index (χ0n) is 17.1. The molecule has 0 saturated carbocycles. The fourth-order valence-corrected chi connectivity index (χ4v) is 3.43. The van der Waals surface area contributed by atoms with Crippen LogP contribution >= 0.6 is 0 Å². The Kier molecular flexibility index (Phi) is 6.45. The van der Waals surface area contributed by atoms with E-state index in [0.29, 0.717) is 4.57 Å². The van der Waals surface area contributed by atoms with Crippen LogP contribution in [0.1, 0.15) is 26.9 Å². The van der Waals surface area contributed by atoms with Crippen molar-refractivity contribution in [2.24, 2.45) is 0 Å². The van der Waals surface area contributed by atoms with E-state index in [4.69, 9.17) is 14.2 Å². The van der Waals surface area contributed by atoms with Gasteiger partial charge in [0.1, 0.15) is 12.7 Å². The molecule has 170 valence electrons. The van der Waals surface area contributed by atoms with E-state index in [0.717, 1.165) is 12.3 Å². The summed E-state index contributed by atoms with van der Waals surface area (Å²) in [7, 11) is 0. The molecule has 1 fully saturated rings. The third kappa shape index (κ3) is 4.75. The number of esters is 2. The zero-order valence-corrected chi connectivity index (χ0v) is 17.1. The minimum atomic E-state index is -2.08. The number of H-pyrrole nitrogens is 1. The van der Waals surface area contributed by atoms with E-state index in [1.165, 1.54) is 24.3 Å². The number of carbonyl (C=O) groups excluding carboxylic acids is 2. The highest BCUT2D eigenvalue weighted by Gasteiger charge is 2.50. The molecule has 4 atom stereocenters. The van der Waals surface area contributed by atoms with Crippen molar-refractivity contribution >= 4 is 11.9 Å². The normalized spacial score (nSPS) is 22.0. The van der Waals surface area contributed by atoms with Crippen LogP contribution in [-0.2, 0) is 14.2 Å². The lowest BCUT2D eigenvalue weighted by molar-refractivity contribution is -0.0600. The SMILES string of the molecule is O=C(OC[C@H]1O[C@@H](n2c(=O)cc[nH]c2=O)[C@@H](F)[C@@H]1OC(=O)c1ccccc1)c1ccccc1. The first-order valence-electron chi connectivity index (χ1n) is 10.0. The fourth-order valence-electron chi connectivity index (χ4n) is 3.43. The van der Waals surface area contributed by atoms with Crippen LogP contribution in [0, 0.1) is 0 Å². The van der Waals surface area contributed by atoms with Gasteiger partial charge in [-0.15, -0.1) is 0 Å². The van der Waals surface area contributed by atoms with Gasteiger partial charge in [0.05, 0.1) is 11.1 Å². The number of alkyl halides is 1. The molecule has 1 aromatic heterocycles. The van der Waals surface area contributed by atoms with Crippen LogP contribution in [0.2, 0.25) is 0 Å². The summed E-state index contributed by atoms with van der Waals surface area (Å²) < 4.78 is 32.1. The number of aromatic amines is 1. The van der Waals surface area contributed by atoms with Crippen molar-refractivity contribution < 1.29 is 28.2 Å². The Hall–Kier alpha value is -4.05. The molecule has 1 N–H and O–H groups in total. The largest absolute Gasteiger partial charge is 0.459 e. The molecule has 0 radical (unpaired) electrons. The van der Waals surface area contributed by atoms with Crippen LogP contribution in [0.4, 0.5) is 4.39 Å². The quantitative estimate of drug-likeness (QED) is 0.565. The van der Waals surface area contributed by atoms with E-state index in [-0.39, 0.29) is 11.1 Å². The molecule has 0 amide bonds. The lowest BCUT2D eigenvalue weighted by Crippen LogP contribution is -2.41. The maximum Gasteiger partial charge on any atom is 0.338 e. The molecule has 1 saturated heterocycles. The third-order valence-corrected chi connectivity index (χ3v) is 5.05. The first kappa shape index (κ1) is 22.2. The Morgan fingerprint density at radius 2 is 1.55 bits per heavy atom. The predicted octanol–water partition coefficient (Wildman–Crippen LogP) is 1.85. The molecular weight excluding hydrogens is 435 g/mol. The number of hydrogen-bond acceptors (Lipinski definition) is 7. The Bertz CT molecular complexity index is 1210. The number of hydrogen-bond donors (Lipinski definition) is 1. The number of nitrogens with zero attached hydrogens (tertiary/aromatic N) is 1. The summed E-state index contributed by atoms with van der Waals surface area (Å²) in [4.78, 5) is 51.4. The molecule has 2 aromatic carbocycles. The van der Waals surface area contributed by atoms with Gasteiger partial charge in [0, 0.05) is 12.3 Å². The minimum Gasteiger partial charge on any atom is -0.459 e. The number of ether oxygens (including phenoxy) is 3. The van der Waals surface area contributed by atoms with E-state index in [9.17, 15) is 19.2 Å². The summed E-state index contributed by atoms with van der Waals surface area (Å²) >= 11 is 0. The van der Waals surface area contributed by atoms with E-state index >= 15 is 4.39 Å².